The van der Waals surface area contributed by atoms with Crippen LogP contribution in [0.4, 0.5) is 4.39 Å². The molecule has 0 atom stereocenters. The molecule has 0 N–H and O–H groups in total. The summed E-state index contributed by atoms with van der Waals surface area (Å²) in [6, 6.07) is 11.4. The third kappa shape index (κ3) is 4.11. The predicted octanol–water partition coefficient (Wildman–Crippen LogP) is 4.62. The second kappa shape index (κ2) is 8.52. The molecule has 6 heteroatoms. The Kier molecular flexibility index (Phi) is 5.89. The van der Waals surface area contributed by atoms with Crippen LogP contribution < -0.4 is 9.47 Å². The van der Waals surface area contributed by atoms with Gasteiger partial charge in [0.25, 0.3) is 0 Å². The van der Waals surface area contributed by atoms with Crippen molar-refractivity contribution >= 4 is 11.9 Å². The van der Waals surface area contributed by atoms with Crippen LogP contribution in [0.5, 0.6) is 11.5 Å². The standard InChI is InChI=1S/C22H21FN2O3/c1-4-28-22-13-16(6-12-21(22)27-3)5-11-20(26)19-14-24-25(15(19)2)18-9-7-17(23)8-10-18/h5-14H,4H2,1-3H3. The molecule has 144 valence electrons. The molecule has 0 fully saturated rings. The monoisotopic (exact) mass is 380 g/mol. The third-order valence-electron chi connectivity index (χ3n) is 4.26. The van der Waals surface area contributed by atoms with E-state index in [1.165, 1.54) is 24.4 Å². The molecule has 0 amide bonds. The number of ketones is 1. The summed E-state index contributed by atoms with van der Waals surface area (Å²) in [6.45, 7) is 4.22. The minimum absolute atomic E-state index is 0.167. The van der Waals surface area contributed by atoms with E-state index >= 15 is 0 Å². The van der Waals surface area contributed by atoms with E-state index in [1.54, 1.807) is 43.0 Å². The number of hydrogen-bond donors (Lipinski definition) is 0. The van der Waals surface area contributed by atoms with Crippen molar-refractivity contribution in [2.75, 3.05) is 13.7 Å². The molecule has 5 nitrogen and oxygen atoms in total. The van der Waals surface area contributed by atoms with Crippen molar-refractivity contribution in [2.24, 2.45) is 0 Å². The van der Waals surface area contributed by atoms with E-state index < -0.39 is 0 Å². The van der Waals surface area contributed by atoms with Gasteiger partial charge < -0.3 is 9.47 Å². The fourth-order valence-corrected chi connectivity index (χ4v) is 2.82. The molecule has 1 heterocycles. The highest BCUT2D eigenvalue weighted by Gasteiger charge is 2.13. The summed E-state index contributed by atoms with van der Waals surface area (Å²) in [4.78, 5) is 12.6. The first-order chi connectivity index (χ1) is 13.5. The summed E-state index contributed by atoms with van der Waals surface area (Å²) in [5.41, 5.74) is 2.68. The van der Waals surface area contributed by atoms with Crippen LogP contribution in [0.2, 0.25) is 0 Å². The average Bonchev–Trinajstić information content (AvgIpc) is 3.08. The second-order valence-corrected chi connectivity index (χ2v) is 6.07. The maximum atomic E-state index is 13.1. The molecule has 3 rings (SSSR count). The lowest BCUT2D eigenvalue weighted by atomic mass is 10.1. The molecule has 3 aromatic rings. The topological polar surface area (TPSA) is 53.3 Å². The summed E-state index contributed by atoms with van der Waals surface area (Å²) < 4.78 is 25.5. The van der Waals surface area contributed by atoms with E-state index in [2.05, 4.69) is 5.10 Å². The van der Waals surface area contributed by atoms with E-state index in [9.17, 15) is 9.18 Å². The molecular weight excluding hydrogens is 359 g/mol. The lowest BCUT2D eigenvalue weighted by molar-refractivity contribution is 0.104. The van der Waals surface area contributed by atoms with Crippen LogP contribution in [0.15, 0.2) is 54.7 Å². The summed E-state index contributed by atoms with van der Waals surface area (Å²) in [5.74, 6) is 0.778. The zero-order valence-electron chi connectivity index (χ0n) is 16.0. The summed E-state index contributed by atoms with van der Waals surface area (Å²) in [6.07, 6.45) is 4.74. The number of halogens is 1. The highest BCUT2D eigenvalue weighted by molar-refractivity contribution is 6.07. The molecule has 0 aliphatic heterocycles. The van der Waals surface area contributed by atoms with Gasteiger partial charge in [0.2, 0.25) is 0 Å². The molecule has 0 aliphatic carbocycles. The lowest BCUT2D eigenvalue weighted by Gasteiger charge is -2.09. The molecule has 0 radical (unpaired) electrons. The number of allylic oxidation sites excluding steroid dienone is 1. The van der Waals surface area contributed by atoms with Crippen LogP contribution in [0.3, 0.4) is 0 Å². The molecule has 0 bridgehead atoms. The van der Waals surface area contributed by atoms with Crippen molar-refractivity contribution in [1.29, 1.82) is 0 Å². The number of rotatable bonds is 7. The predicted molar refractivity (Wildman–Crippen MR) is 106 cm³/mol. The Balaban J connectivity index is 1.82. The van der Waals surface area contributed by atoms with Gasteiger partial charge in [0, 0.05) is 0 Å². The number of carbonyl (C=O) groups excluding carboxylic acids is 1. The molecule has 1 aromatic heterocycles. The van der Waals surface area contributed by atoms with Crippen molar-refractivity contribution in [1.82, 2.24) is 9.78 Å². The van der Waals surface area contributed by atoms with Gasteiger partial charge in [-0.15, -0.1) is 0 Å². The zero-order chi connectivity index (χ0) is 20.1. The Bertz CT molecular complexity index is 1010. The fraction of sp³-hybridized carbons (Fsp3) is 0.182. The first-order valence-electron chi connectivity index (χ1n) is 8.87. The minimum Gasteiger partial charge on any atom is -0.493 e. The van der Waals surface area contributed by atoms with Gasteiger partial charge >= 0.3 is 0 Å². The normalized spacial score (nSPS) is 11.0. The maximum absolute atomic E-state index is 13.1. The van der Waals surface area contributed by atoms with Gasteiger partial charge in [-0.25, -0.2) is 9.07 Å². The number of aromatic nitrogens is 2. The first-order valence-corrected chi connectivity index (χ1v) is 8.87. The SMILES string of the molecule is CCOc1cc(C=CC(=O)c2cnn(-c3ccc(F)cc3)c2C)ccc1OC. The lowest BCUT2D eigenvalue weighted by Crippen LogP contribution is -2.01. The van der Waals surface area contributed by atoms with Gasteiger partial charge in [-0.3, -0.25) is 4.79 Å². The average molecular weight is 380 g/mol. The fourth-order valence-electron chi connectivity index (χ4n) is 2.82. The van der Waals surface area contributed by atoms with Crippen molar-refractivity contribution in [2.45, 2.75) is 13.8 Å². The van der Waals surface area contributed by atoms with Gasteiger partial charge in [-0.1, -0.05) is 12.1 Å². The number of benzene rings is 2. The van der Waals surface area contributed by atoms with Crippen molar-refractivity contribution in [3.63, 3.8) is 0 Å². The van der Waals surface area contributed by atoms with Gasteiger partial charge in [0.15, 0.2) is 17.3 Å². The van der Waals surface area contributed by atoms with Gasteiger partial charge in [-0.2, -0.15) is 5.10 Å². The summed E-state index contributed by atoms with van der Waals surface area (Å²) >= 11 is 0. The van der Waals surface area contributed by atoms with Crippen LogP contribution in [0, 0.1) is 12.7 Å². The van der Waals surface area contributed by atoms with E-state index in [1.807, 2.05) is 19.1 Å². The smallest absolute Gasteiger partial charge is 0.189 e. The molecule has 0 aliphatic rings. The number of hydrogen-bond acceptors (Lipinski definition) is 4. The second-order valence-electron chi connectivity index (χ2n) is 6.07. The molecular formula is C22H21FN2O3. The minimum atomic E-state index is -0.321. The Morgan fingerprint density at radius 3 is 2.61 bits per heavy atom. The van der Waals surface area contributed by atoms with Crippen molar-refractivity contribution in [3.8, 4) is 17.2 Å². The highest BCUT2D eigenvalue weighted by atomic mass is 19.1. The Morgan fingerprint density at radius 1 is 1.18 bits per heavy atom. The van der Waals surface area contributed by atoms with E-state index in [-0.39, 0.29) is 11.6 Å². The van der Waals surface area contributed by atoms with Crippen LogP contribution in [-0.4, -0.2) is 29.3 Å². The van der Waals surface area contributed by atoms with Gasteiger partial charge in [0.1, 0.15) is 5.82 Å². The number of nitrogens with zero attached hydrogens (tertiary/aromatic N) is 2. The van der Waals surface area contributed by atoms with Crippen molar-refractivity contribution < 1.29 is 18.7 Å². The molecule has 0 saturated carbocycles. The number of ether oxygens (including phenoxy) is 2. The quantitative estimate of drug-likeness (QED) is 0.443. The Labute approximate surface area is 163 Å². The van der Waals surface area contributed by atoms with E-state index in [4.69, 9.17) is 9.47 Å². The molecule has 0 saturated heterocycles. The van der Waals surface area contributed by atoms with E-state index in [0.717, 1.165) is 5.56 Å². The molecule has 0 spiro atoms. The largest absolute Gasteiger partial charge is 0.493 e. The van der Waals surface area contributed by atoms with Crippen LogP contribution in [0.25, 0.3) is 11.8 Å². The number of methoxy groups -OCH3 is 1. The van der Waals surface area contributed by atoms with Gasteiger partial charge in [-0.05, 0) is 61.9 Å². The summed E-state index contributed by atoms with van der Waals surface area (Å²) in [5, 5.41) is 4.26. The molecule has 0 unspecified atom stereocenters. The maximum Gasteiger partial charge on any atom is 0.189 e. The zero-order valence-corrected chi connectivity index (χ0v) is 16.0. The summed E-state index contributed by atoms with van der Waals surface area (Å²) in [7, 11) is 1.58. The molecule has 28 heavy (non-hydrogen) atoms. The van der Waals surface area contributed by atoms with Crippen LogP contribution >= 0.6 is 0 Å². The Morgan fingerprint density at radius 2 is 1.93 bits per heavy atom. The number of carbonyl (C=O) groups is 1. The third-order valence-corrected chi connectivity index (χ3v) is 4.26. The highest BCUT2D eigenvalue weighted by Crippen LogP contribution is 2.28. The first kappa shape index (κ1) is 19.4. The van der Waals surface area contributed by atoms with Crippen molar-refractivity contribution in [3.05, 3.63) is 77.4 Å². The van der Waals surface area contributed by atoms with E-state index in [0.29, 0.717) is 35.1 Å². The van der Waals surface area contributed by atoms with Crippen LogP contribution in [-0.2, 0) is 0 Å². The molecule has 2 aromatic carbocycles. The van der Waals surface area contributed by atoms with Gasteiger partial charge in [0.05, 0.1) is 36.9 Å². The van der Waals surface area contributed by atoms with Crippen LogP contribution in [0.1, 0.15) is 28.5 Å². The Hall–Kier alpha value is -3.41.